The molecule has 7 heteroatoms. The molecule has 178 valence electrons. The number of aliphatic hydroxyl groups is 1. The number of quaternary nitrogens is 1. The van der Waals surface area contributed by atoms with Crippen LogP contribution >= 0.6 is 0 Å². The van der Waals surface area contributed by atoms with E-state index >= 15 is 0 Å². The van der Waals surface area contributed by atoms with Gasteiger partial charge in [0.25, 0.3) is 0 Å². The summed E-state index contributed by atoms with van der Waals surface area (Å²) < 4.78 is 11.9. The fourth-order valence-electron chi connectivity index (χ4n) is 4.89. The molecule has 2 aliphatic rings. The minimum atomic E-state index is -0.583. The van der Waals surface area contributed by atoms with Crippen LogP contribution in [0.1, 0.15) is 52.9 Å². The van der Waals surface area contributed by atoms with E-state index in [1.54, 1.807) is 6.08 Å². The Balaban J connectivity index is 0.00000480. The lowest BCUT2D eigenvalue weighted by Gasteiger charge is -2.36. The average molecular weight is 458 g/mol. The smallest absolute Gasteiger partial charge is 0.365 e. The van der Waals surface area contributed by atoms with Crippen LogP contribution in [0.2, 0.25) is 0 Å². The maximum absolute atomic E-state index is 13.2. The first-order valence-corrected chi connectivity index (χ1v) is 11.2. The Kier molecular flexibility index (Phi) is 10.7. The van der Waals surface area contributed by atoms with E-state index in [4.69, 9.17) is 9.47 Å². The number of hydrogen-bond donors (Lipinski definition) is 1. The molecule has 2 rings (SSSR count). The van der Waals surface area contributed by atoms with Crippen LogP contribution in [0, 0.1) is 17.8 Å². The zero-order valence-corrected chi connectivity index (χ0v) is 20.5. The Morgan fingerprint density at radius 1 is 1.23 bits per heavy atom. The molecule has 31 heavy (non-hydrogen) atoms. The van der Waals surface area contributed by atoms with Crippen molar-refractivity contribution >= 4 is 11.9 Å². The van der Waals surface area contributed by atoms with Gasteiger partial charge in [0.2, 0.25) is 0 Å². The molecule has 0 unspecified atom stereocenters. The Labute approximate surface area is 193 Å². The number of nitrogens with zero attached hydrogens (tertiary/aromatic N) is 1. The highest BCUT2D eigenvalue weighted by molar-refractivity contribution is 5.82. The number of hydrogen-bond acceptors (Lipinski definition) is 5. The molecule has 1 aliphatic carbocycles. The van der Waals surface area contributed by atoms with Gasteiger partial charge >= 0.3 is 11.9 Å². The molecule has 6 atom stereocenters. The van der Waals surface area contributed by atoms with Crippen LogP contribution in [0.5, 0.6) is 0 Å². The van der Waals surface area contributed by atoms with Crippen LogP contribution in [-0.2, 0) is 19.1 Å². The summed E-state index contributed by atoms with van der Waals surface area (Å²) in [5.41, 5.74) is 0. The summed E-state index contributed by atoms with van der Waals surface area (Å²) in [6.45, 7) is 5.92. The van der Waals surface area contributed by atoms with E-state index in [9.17, 15) is 14.7 Å². The van der Waals surface area contributed by atoms with E-state index in [2.05, 4.69) is 12.2 Å². The van der Waals surface area contributed by atoms with Gasteiger partial charge in [-0.1, -0.05) is 26.0 Å². The molecule has 0 bridgehead atoms. The summed E-state index contributed by atoms with van der Waals surface area (Å²) in [5.74, 6) is -0.548. The van der Waals surface area contributed by atoms with Gasteiger partial charge in [0, 0.05) is 17.9 Å². The van der Waals surface area contributed by atoms with Gasteiger partial charge in [0.15, 0.2) is 6.04 Å². The highest BCUT2D eigenvalue weighted by Crippen LogP contribution is 2.38. The van der Waals surface area contributed by atoms with E-state index in [0.717, 1.165) is 19.3 Å². The minimum Gasteiger partial charge on any atom is -1.00 e. The Bertz CT molecular complexity index is 655. The summed E-state index contributed by atoms with van der Waals surface area (Å²) in [7, 11) is 5.95. The van der Waals surface area contributed by atoms with Crippen LogP contribution < -0.4 is 12.4 Å². The zero-order chi connectivity index (χ0) is 22.5. The molecule has 6 nitrogen and oxygen atoms in total. The van der Waals surface area contributed by atoms with E-state index < -0.39 is 18.2 Å². The van der Waals surface area contributed by atoms with Crippen LogP contribution in [0.25, 0.3) is 0 Å². The third-order valence-corrected chi connectivity index (χ3v) is 6.12. The van der Waals surface area contributed by atoms with Crippen molar-refractivity contribution in [2.75, 3.05) is 21.1 Å². The predicted octanol–water partition coefficient (Wildman–Crippen LogP) is 0.248. The number of carbonyl (C=O) groups excluding carboxylic acids is 2. The van der Waals surface area contributed by atoms with E-state index in [-0.39, 0.29) is 48.3 Å². The normalized spacial score (nSPS) is 32.9. The van der Waals surface area contributed by atoms with Gasteiger partial charge < -0.3 is 31.5 Å². The SMILES string of the molecule is CC(C)[C@@H](C(=O)O[C@@H]1/C=C/C(=O)O[C@@H](C)CCC/C=C/[C@@H]2C[C@H](O)C[C@H]21)[N+](C)(C)C.[Cl-]. The monoisotopic (exact) mass is 457 g/mol. The second kappa shape index (κ2) is 12.0. The first-order valence-electron chi connectivity index (χ1n) is 11.2. The van der Waals surface area contributed by atoms with Crippen LogP contribution in [-0.4, -0.2) is 67.0 Å². The van der Waals surface area contributed by atoms with Gasteiger partial charge in [-0.3, -0.25) is 0 Å². The standard InChI is InChI=1S/C24H40NO5.ClH/c1-16(2)23(25(4,5)6)24(28)30-21-12-13-22(27)29-17(3)10-8-7-9-11-18-14-19(26)15-20(18)21;/h9,11-13,16-21,23,26H,7-8,10,14-15H2,1-6H3;1H/q+1;/p-1/b11-9+,13-12+;/t17-,18+,19-,20+,21+,23-;/m0./s1. The fourth-order valence-corrected chi connectivity index (χ4v) is 4.89. The largest absolute Gasteiger partial charge is 1.00 e. The molecule has 0 amide bonds. The van der Waals surface area contributed by atoms with Crippen LogP contribution in [0.3, 0.4) is 0 Å². The number of rotatable bonds is 4. The number of esters is 2. The molecule has 0 spiro atoms. The van der Waals surface area contributed by atoms with Crippen molar-refractivity contribution in [1.82, 2.24) is 0 Å². The second-order valence-corrected chi connectivity index (χ2v) is 10.1. The van der Waals surface area contributed by atoms with Crippen molar-refractivity contribution in [3.8, 4) is 0 Å². The minimum absolute atomic E-state index is 0. The van der Waals surface area contributed by atoms with E-state index in [1.165, 1.54) is 6.08 Å². The fraction of sp³-hybridized carbons (Fsp3) is 0.750. The van der Waals surface area contributed by atoms with Gasteiger partial charge in [-0.15, -0.1) is 0 Å². The van der Waals surface area contributed by atoms with E-state index in [1.807, 2.05) is 41.9 Å². The maximum atomic E-state index is 13.2. The number of halogens is 1. The summed E-state index contributed by atoms with van der Waals surface area (Å²) in [4.78, 5) is 25.4. The van der Waals surface area contributed by atoms with E-state index in [0.29, 0.717) is 17.3 Å². The molecule has 1 fully saturated rings. The summed E-state index contributed by atoms with van der Waals surface area (Å²) in [6.07, 6.45) is 10.00. The van der Waals surface area contributed by atoms with Gasteiger partial charge in [0.1, 0.15) is 6.10 Å². The third-order valence-electron chi connectivity index (χ3n) is 6.12. The van der Waals surface area contributed by atoms with Gasteiger partial charge in [-0.25, -0.2) is 9.59 Å². The van der Waals surface area contributed by atoms with Crippen molar-refractivity contribution in [1.29, 1.82) is 0 Å². The third kappa shape index (κ3) is 8.24. The summed E-state index contributed by atoms with van der Waals surface area (Å²) in [6, 6.07) is -0.324. The molecule has 0 radical (unpaired) electrons. The maximum Gasteiger partial charge on any atom is 0.365 e. The van der Waals surface area contributed by atoms with Crippen molar-refractivity contribution in [3.05, 3.63) is 24.3 Å². The van der Waals surface area contributed by atoms with Crippen LogP contribution in [0.4, 0.5) is 0 Å². The number of fused-ring (bicyclic) bond motifs is 1. The molecule has 1 aliphatic heterocycles. The summed E-state index contributed by atoms with van der Waals surface area (Å²) in [5, 5.41) is 10.3. The molecule has 0 aromatic heterocycles. The number of likely N-dealkylation sites (N-methyl/N-ethyl adjacent to an activating group) is 1. The lowest BCUT2D eigenvalue weighted by Crippen LogP contribution is -3.00. The number of allylic oxidation sites excluding steroid dienone is 2. The highest BCUT2D eigenvalue weighted by atomic mass is 35.5. The molecule has 0 aromatic rings. The molecule has 1 heterocycles. The topological polar surface area (TPSA) is 72.8 Å². The molecular formula is C24H40ClNO5. The zero-order valence-electron chi connectivity index (χ0n) is 19.8. The van der Waals surface area contributed by atoms with Gasteiger partial charge in [-0.05, 0) is 51.0 Å². The van der Waals surface area contributed by atoms with Crippen molar-refractivity contribution in [3.63, 3.8) is 0 Å². The number of carbonyl (C=O) groups is 2. The van der Waals surface area contributed by atoms with Crippen molar-refractivity contribution in [2.24, 2.45) is 17.8 Å². The first-order chi connectivity index (χ1) is 14.0. The molecule has 1 N–H and O–H groups in total. The molecule has 1 saturated carbocycles. The molecule has 0 aromatic carbocycles. The van der Waals surface area contributed by atoms with Crippen molar-refractivity contribution < 1.29 is 41.1 Å². The Morgan fingerprint density at radius 3 is 2.52 bits per heavy atom. The lowest BCUT2D eigenvalue weighted by atomic mass is 9.89. The van der Waals surface area contributed by atoms with Gasteiger partial charge in [-0.2, -0.15) is 0 Å². The lowest BCUT2D eigenvalue weighted by molar-refractivity contribution is -0.890. The Hall–Kier alpha value is -1.37. The van der Waals surface area contributed by atoms with Crippen molar-refractivity contribution in [2.45, 2.75) is 77.2 Å². The quantitative estimate of drug-likeness (QED) is 0.372. The molecule has 0 saturated heterocycles. The first kappa shape index (κ1) is 27.7. The number of ether oxygens (including phenoxy) is 2. The number of cyclic esters (lactones) is 1. The van der Waals surface area contributed by atoms with Crippen LogP contribution in [0.15, 0.2) is 24.3 Å². The Morgan fingerprint density at radius 2 is 1.90 bits per heavy atom. The molecular weight excluding hydrogens is 418 g/mol. The predicted molar refractivity (Wildman–Crippen MR) is 116 cm³/mol. The second-order valence-electron chi connectivity index (χ2n) is 10.1. The summed E-state index contributed by atoms with van der Waals surface area (Å²) >= 11 is 0. The average Bonchev–Trinajstić information content (AvgIpc) is 2.96. The van der Waals surface area contributed by atoms with Gasteiger partial charge in [0.05, 0.1) is 33.4 Å². The highest BCUT2D eigenvalue weighted by Gasteiger charge is 2.42. The number of aliphatic hydroxyl groups excluding tert-OH is 1.